The van der Waals surface area contributed by atoms with Crippen LogP contribution in [-0.4, -0.2) is 26.3 Å². The first-order valence-electron chi connectivity index (χ1n) is 8.50. The lowest BCUT2D eigenvalue weighted by atomic mass is 10.1. The zero-order chi connectivity index (χ0) is 20.0. The number of aromatic nitrogens is 2. The van der Waals surface area contributed by atoms with Gasteiger partial charge in [0.05, 0.1) is 17.0 Å². The molecule has 0 atom stereocenters. The summed E-state index contributed by atoms with van der Waals surface area (Å²) in [5.41, 5.74) is -0.537. The lowest BCUT2D eigenvalue weighted by Crippen LogP contribution is -2.30. The Bertz CT molecular complexity index is 1310. The van der Waals surface area contributed by atoms with E-state index in [0.29, 0.717) is 11.4 Å². The van der Waals surface area contributed by atoms with Crippen molar-refractivity contribution in [2.45, 2.75) is 6.92 Å². The van der Waals surface area contributed by atoms with E-state index in [1.165, 1.54) is 18.1 Å². The molecule has 0 saturated heterocycles. The average Bonchev–Trinajstić information content (AvgIpc) is 2.96. The van der Waals surface area contributed by atoms with Crippen molar-refractivity contribution in [1.82, 2.24) is 9.55 Å². The van der Waals surface area contributed by atoms with Crippen LogP contribution in [0.5, 0.6) is 5.88 Å². The van der Waals surface area contributed by atoms with Gasteiger partial charge < -0.3 is 5.11 Å². The van der Waals surface area contributed by atoms with Crippen molar-refractivity contribution in [2.24, 2.45) is 12.1 Å². The quantitative estimate of drug-likeness (QED) is 0.664. The summed E-state index contributed by atoms with van der Waals surface area (Å²) < 4.78 is 0.891. The molecule has 0 fully saturated rings. The van der Waals surface area contributed by atoms with Crippen LogP contribution in [0.15, 0.2) is 62.7 Å². The van der Waals surface area contributed by atoms with Crippen molar-refractivity contribution in [3.05, 3.63) is 74.4 Å². The predicted molar refractivity (Wildman–Crippen MR) is 106 cm³/mol. The van der Waals surface area contributed by atoms with Crippen LogP contribution in [0.3, 0.4) is 0 Å². The van der Waals surface area contributed by atoms with E-state index in [1.54, 1.807) is 13.0 Å². The van der Waals surface area contributed by atoms with E-state index in [9.17, 15) is 19.5 Å². The molecule has 2 heterocycles. The van der Waals surface area contributed by atoms with Crippen molar-refractivity contribution in [2.75, 3.05) is 5.01 Å². The number of nitrogens with zero attached hydrogens (tertiary/aromatic N) is 3. The third-order valence-electron chi connectivity index (χ3n) is 4.67. The first kappa shape index (κ1) is 17.5. The van der Waals surface area contributed by atoms with Crippen LogP contribution in [0.1, 0.15) is 12.5 Å². The van der Waals surface area contributed by atoms with Gasteiger partial charge in [0.25, 0.3) is 11.5 Å². The van der Waals surface area contributed by atoms with Crippen molar-refractivity contribution >= 4 is 34.2 Å². The van der Waals surface area contributed by atoms with Crippen LogP contribution in [0.4, 0.5) is 5.69 Å². The molecule has 140 valence electrons. The summed E-state index contributed by atoms with van der Waals surface area (Å²) in [6, 6.07) is 13.2. The van der Waals surface area contributed by atoms with Crippen molar-refractivity contribution in [3.63, 3.8) is 0 Å². The topological polar surface area (TPSA) is 108 Å². The van der Waals surface area contributed by atoms with Crippen LogP contribution in [0, 0.1) is 0 Å². The number of H-pyrrole nitrogens is 1. The highest BCUT2D eigenvalue weighted by atomic mass is 16.3. The molecule has 0 spiro atoms. The minimum Gasteiger partial charge on any atom is -0.494 e. The second-order valence-corrected chi connectivity index (χ2v) is 6.41. The minimum atomic E-state index is -0.780. The number of hydrogen-bond donors (Lipinski definition) is 2. The van der Waals surface area contributed by atoms with E-state index in [0.717, 1.165) is 15.3 Å². The number of aromatic hydroxyl groups is 1. The Labute approximate surface area is 158 Å². The summed E-state index contributed by atoms with van der Waals surface area (Å²) in [7, 11) is 1.31. The van der Waals surface area contributed by atoms with E-state index >= 15 is 0 Å². The molecule has 28 heavy (non-hydrogen) atoms. The third-order valence-corrected chi connectivity index (χ3v) is 4.67. The molecule has 2 N–H and O–H groups in total. The molecule has 0 unspecified atom stereocenters. The number of hydrazone groups is 1. The summed E-state index contributed by atoms with van der Waals surface area (Å²) in [4.78, 5) is 38.8. The Morgan fingerprint density at radius 3 is 2.57 bits per heavy atom. The number of benzene rings is 2. The lowest BCUT2D eigenvalue weighted by Gasteiger charge is -2.14. The van der Waals surface area contributed by atoms with Crippen molar-refractivity contribution in [1.29, 1.82) is 0 Å². The smallest absolute Gasteiger partial charge is 0.330 e. The SMILES string of the molecule is CC1=NN(c2cccc3ccccc23)C(=O)/C1=C/c1c(O)n(C)c(=O)[nH]c1=O. The fourth-order valence-corrected chi connectivity index (χ4v) is 3.14. The number of nitrogens with one attached hydrogen (secondary N) is 1. The number of fused-ring (bicyclic) bond motifs is 1. The van der Waals surface area contributed by atoms with Crippen LogP contribution in [-0.2, 0) is 11.8 Å². The van der Waals surface area contributed by atoms with Crippen LogP contribution >= 0.6 is 0 Å². The number of amides is 1. The highest BCUT2D eigenvalue weighted by Crippen LogP contribution is 2.31. The third kappa shape index (κ3) is 2.62. The van der Waals surface area contributed by atoms with Gasteiger partial charge in [0, 0.05) is 12.4 Å². The monoisotopic (exact) mass is 376 g/mol. The zero-order valence-electron chi connectivity index (χ0n) is 15.1. The lowest BCUT2D eigenvalue weighted by molar-refractivity contribution is -0.114. The number of hydrogen-bond acceptors (Lipinski definition) is 5. The van der Waals surface area contributed by atoms with E-state index in [-0.39, 0.29) is 11.1 Å². The van der Waals surface area contributed by atoms with E-state index in [4.69, 9.17) is 0 Å². The minimum absolute atomic E-state index is 0.160. The average molecular weight is 376 g/mol. The fourth-order valence-electron chi connectivity index (χ4n) is 3.14. The van der Waals surface area contributed by atoms with Gasteiger partial charge in [-0.25, -0.2) is 4.79 Å². The molecule has 0 bridgehead atoms. The van der Waals surface area contributed by atoms with Gasteiger partial charge in [0.2, 0.25) is 5.88 Å². The molecule has 8 nitrogen and oxygen atoms in total. The molecule has 4 rings (SSSR count). The Hall–Kier alpha value is -3.94. The van der Waals surface area contributed by atoms with Crippen LogP contribution in [0.25, 0.3) is 16.8 Å². The summed E-state index contributed by atoms with van der Waals surface area (Å²) >= 11 is 0. The number of carbonyl (C=O) groups is 1. The van der Waals surface area contributed by atoms with Crippen molar-refractivity contribution < 1.29 is 9.90 Å². The molecule has 1 amide bonds. The van der Waals surface area contributed by atoms with Gasteiger partial charge in [0.1, 0.15) is 5.56 Å². The van der Waals surface area contributed by atoms with Gasteiger partial charge in [-0.15, -0.1) is 0 Å². The first-order chi connectivity index (χ1) is 13.4. The number of anilines is 1. The standard InChI is InChI=1S/C20H16N4O4/c1-11-14(10-15-17(25)21-20(28)23(2)18(15)26)19(27)24(22-11)16-9-5-7-12-6-3-4-8-13(12)16/h3-10,26H,1-2H3,(H,21,25,28)/b14-10+. The van der Waals surface area contributed by atoms with Crippen LogP contribution < -0.4 is 16.3 Å². The predicted octanol–water partition coefficient (Wildman–Crippen LogP) is 1.74. The Kier molecular flexibility index (Phi) is 3.96. The molecule has 1 aliphatic rings. The Morgan fingerprint density at radius 1 is 1.07 bits per heavy atom. The Morgan fingerprint density at radius 2 is 1.79 bits per heavy atom. The first-order valence-corrected chi connectivity index (χ1v) is 8.50. The zero-order valence-corrected chi connectivity index (χ0v) is 15.1. The Balaban J connectivity index is 1.84. The second-order valence-electron chi connectivity index (χ2n) is 6.41. The maximum Gasteiger partial charge on any atom is 0.330 e. The molecule has 3 aromatic rings. The normalized spacial score (nSPS) is 15.5. The summed E-state index contributed by atoms with van der Waals surface area (Å²) in [6.45, 7) is 1.64. The molecule has 1 aliphatic heterocycles. The molecule has 0 saturated carbocycles. The van der Waals surface area contributed by atoms with Gasteiger partial charge in [0.15, 0.2) is 0 Å². The van der Waals surface area contributed by atoms with Gasteiger partial charge in [-0.3, -0.25) is 19.1 Å². The molecule has 2 aromatic carbocycles. The fraction of sp³-hybridized carbons (Fsp3) is 0.100. The van der Waals surface area contributed by atoms with Crippen LogP contribution in [0.2, 0.25) is 0 Å². The molecule has 1 aromatic heterocycles. The maximum atomic E-state index is 13.0. The van der Waals surface area contributed by atoms with Crippen molar-refractivity contribution in [3.8, 4) is 5.88 Å². The van der Waals surface area contributed by atoms with E-state index in [2.05, 4.69) is 10.1 Å². The summed E-state index contributed by atoms with van der Waals surface area (Å²) in [6.07, 6.45) is 1.25. The maximum absolute atomic E-state index is 13.0. The molecule has 8 heteroatoms. The van der Waals surface area contributed by atoms with Gasteiger partial charge in [-0.1, -0.05) is 36.4 Å². The van der Waals surface area contributed by atoms with Gasteiger partial charge >= 0.3 is 5.69 Å². The number of rotatable bonds is 2. The highest BCUT2D eigenvalue weighted by molar-refractivity contribution is 6.33. The van der Waals surface area contributed by atoms with E-state index < -0.39 is 23.0 Å². The van der Waals surface area contributed by atoms with Gasteiger partial charge in [-0.2, -0.15) is 10.1 Å². The number of aromatic amines is 1. The molecular formula is C20H16N4O4. The summed E-state index contributed by atoms with van der Waals surface area (Å²) in [5.74, 6) is -0.952. The van der Waals surface area contributed by atoms with E-state index in [1.807, 2.05) is 36.4 Å². The number of carbonyl (C=O) groups excluding carboxylic acids is 1. The second kappa shape index (κ2) is 6.34. The van der Waals surface area contributed by atoms with Gasteiger partial charge in [-0.05, 0) is 24.5 Å². The molecule has 0 aliphatic carbocycles. The highest BCUT2D eigenvalue weighted by Gasteiger charge is 2.30. The summed E-state index contributed by atoms with van der Waals surface area (Å²) in [5, 5.41) is 17.6. The molecule has 0 radical (unpaired) electrons. The largest absolute Gasteiger partial charge is 0.494 e. The molecular weight excluding hydrogens is 360 g/mol.